The molecule has 4 rings (SSSR count). The number of aryl methyl sites for hydroxylation is 1. The highest BCUT2D eigenvalue weighted by molar-refractivity contribution is 7.12. The summed E-state index contributed by atoms with van der Waals surface area (Å²) in [6.45, 7) is 1.93. The Bertz CT molecular complexity index is 925. The smallest absolute Gasteiger partial charge is 0.225 e. The number of thiazole rings is 1. The van der Waals surface area contributed by atoms with Crippen molar-refractivity contribution >= 4 is 23.1 Å². The van der Waals surface area contributed by atoms with Crippen LogP contribution in [0.2, 0.25) is 0 Å². The van der Waals surface area contributed by atoms with Crippen LogP contribution in [-0.2, 0) is 4.79 Å². The molecule has 0 atom stereocenters. The van der Waals surface area contributed by atoms with Crippen molar-refractivity contribution in [2.45, 2.75) is 51.9 Å². The van der Waals surface area contributed by atoms with E-state index in [1.165, 1.54) is 43.4 Å². The van der Waals surface area contributed by atoms with E-state index in [-0.39, 0.29) is 5.91 Å². The summed E-state index contributed by atoms with van der Waals surface area (Å²) in [6, 6.07) is 12.0. The molecule has 1 saturated carbocycles. The lowest BCUT2D eigenvalue weighted by Gasteiger charge is -2.20. The molecule has 3 aromatic rings. The third-order valence-corrected chi connectivity index (χ3v) is 6.16. The number of anilines is 1. The molecular formula is C22H26N4OS. The Morgan fingerprint density at radius 1 is 1.21 bits per heavy atom. The van der Waals surface area contributed by atoms with Gasteiger partial charge in [0.05, 0.1) is 11.4 Å². The number of aromatic nitrogens is 3. The molecule has 0 radical (unpaired) electrons. The Balaban J connectivity index is 1.45. The van der Waals surface area contributed by atoms with Gasteiger partial charge in [0.15, 0.2) is 0 Å². The van der Waals surface area contributed by atoms with Crippen molar-refractivity contribution in [1.82, 2.24) is 14.8 Å². The van der Waals surface area contributed by atoms with Crippen LogP contribution in [0.1, 0.15) is 50.6 Å². The van der Waals surface area contributed by atoms with Crippen LogP contribution in [-0.4, -0.2) is 20.7 Å². The highest BCUT2D eigenvalue weighted by Gasteiger charge is 2.17. The minimum absolute atomic E-state index is 0.0616. The number of hydrogen-bond donors (Lipinski definition) is 1. The normalized spacial score (nSPS) is 14.9. The molecule has 1 aliphatic rings. The lowest BCUT2D eigenvalue weighted by molar-refractivity contribution is -0.116. The van der Waals surface area contributed by atoms with Crippen molar-refractivity contribution in [3.63, 3.8) is 0 Å². The van der Waals surface area contributed by atoms with Gasteiger partial charge < -0.3 is 5.32 Å². The van der Waals surface area contributed by atoms with E-state index < -0.39 is 0 Å². The topological polar surface area (TPSA) is 59.8 Å². The summed E-state index contributed by atoms with van der Waals surface area (Å²) in [5.41, 5.74) is 2.86. The van der Waals surface area contributed by atoms with E-state index in [9.17, 15) is 4.79 Å². The van der Waals surface area contributed by atoms with Crippen molar-refractivity contribution in [2.24, 2.45) is 5.92 Å². The average molecular weight is 395 g/mol. The molecule has 0 spiro atoms. The molecule has 0 aliphatic heterocycles. The third-order valence-electron chi connectivity index (χ3n) is 5.35. The van der Waals surface area contributed by atoms with Crippen molar-refractivity contribution in [1.29, 1.82) is 0 Å². The molecule has 2 heterocycles. The van der Waals surface area contributed by atoms with Gasteiger partial charge in [-0.15, -0.1) is 11.3 Å². The molecule has 6 heteroatoms. The molecule has 0 bridgehead atoms. The summed E-state index contributed by atoms with van der Waals surface area (Å²) in [6.07, 6.45) is 8.06. The number of carbonyl (C=O) groups excluding carboxylic acids is 1. The van der Waals surface area contributed by atoms with E-state index in [2.05, 4.69) is 10.4 Å². The van der Waals surface area contributed by atoms with Crippen LogP contribution in [0.3, 0.4) is 0 Å². The molecule has 1 aromatic carbocycles. The molecule has 0 saturated heterocycles. The fourth-order valence-corrected chi connectivity index (χ4v) is 4.65. The number of amides is 1. The van der Waals surface area contributed by atoms with Gasteiger partial charge in [0, 0.05) is 23.4 Å². The van der Waals surface area contributed by atoms with Crippen molar-refractivity contribution in [2.75, 3.05) is 5.32 Å². The number of nitrogens with zero attached hydrogens (tertiary/aromatic N) is 3. The lowest BCUT2D eigenvalue weighted by atomic mass is 9.86. The first kappa shape index (κ1) is 18.9. The van der Waals surface area contributed by atoms with Crippen LogP contribution in [0.5, 0.6) is 0 Å². The van der Waals surface area contributed by atoms with Crippen LogP contribution in [0.15, 0.2) is 41.8 Å². The van der Waals surface area contributed by atoms with Gasteiger partial charge in [-0.25, -0.2) is 4.98 Å². The molecule has 28 heavy (non-hydrogen) atoms. The lowest BCUT2D eigenvalue weighted by Crippen LogP contribution is -2.17. The van der Waals surface area contributed by atoms with Gasteiger partial charge in [-0.3, -0.25) is 4.79 Å². The van der Waals surface area contributed by atoms with Crippen LogP contribution in [0.25, 0.3) is 16.4 Å². The Hall–Kier alpha value is -2.47. The van der Waals surface area contributed by atoms with E-state index in [0.717, 1.165) is 28.5 Å². The van der Waals surface area contributed by atoms with Gasteiger partial charge in [0.25, 0.3) is 0 Å². The van der Waals surface area contributed by atoms with Crippen LogP contribution in [0, 0.1) is 12.8 Å². The van der Waals surface area contributed by atoms with Gasteiger partial charge in [0.2, 0.25) is 11.0 Å². The van der Waals surface area contributed by atoms with Crippen LogP contribution >= 0.6 is 11.3 Å². The van der Waals surface area contributed by atoms with E-state index in [1.807, 2.05) is 48.7 Å². The number of rotatable bonds is 6. The molecular weight excluding hydrogens is 368 g/mol. The zero-order chi connectivity index (χ0) is 19.3. The summed E-state index contributed by atoms with van der Waals surface area (Å²) in [5.74, 6) is 1.46. The first-order valence-electron chi connectivity index (χ1n) is 10.1. The predicted octanol–water partition coefficient (Wildman–Crippen LogP) is 5.60. The number of nitrogens with one attached hydrogen (secondary N) is 1. The zero-order valence-corrected chi connectivity index (χ0v) is 17.0. The maximum atomic E-state index is 12.5. The first-order valence-corrected chi connectivity index (χ1v) is 10.9. The largest absolute Gasteiger partial charge is 0.311 e. The first-order chi connectivity index (χ1) is 13.7. The Morgan fingerprint density at radius 3 is 2.79 bits per heavy atom. The minimum Gasteiger partial charge on any atom is -0.311 e. The minimum atomic E-state index is 0.0616. The van der Waals surface area contributed by atoms with E-state index in [4.69, 9.17) is 4.98 Å². The number of hydrogen-bond acceptors (Lipinski definition) is 4. The highest BCUT2D eigenvalue weighted by Crippen LogP contribution is 2.28. The summed E-state index contributed by atoms with van der Waals surface area (Å²) < 4.78 is 1.74. The van der Waals surface area contributed by atoms with E-state index in [1.54, 1.807) is 4.68 Å². The van der Waals surface area contributed by atoms with Gasteiger partial charge in [0.1, 0.15) is 5.82 Å². The second kappa shape index (κ2) is 8.69. The number of benzene rings is 1. The molecule has 5 nitrogen and oxygen atoms in total. The van der Waals surface area contributed by atoms with Gasteiger partial charge in [-0.1, -0.05) is 62.4 Å². The summed E-state index contributed by atoms with van der Waals surface area (Å²) in [4.78, 5) is 17.2. The van der Waals surface area contributed by atoms with Gasteiger partial charge >= 0.3 is 0 Å². The SMILES string of the molecule is Cc1cc(NC(=O)CCC2CCCCC2)n(-c2nc(-c3ccccc3)cs2)n1. The fraction of sp³-hybridized carbons (Fsp3) is 0.409. The molecule has 146 valence electrons. The summed E-state index contributed by atoms with van der Waals surface area (Å²) >= 11 is 1.53. The summed E-state index contributed by atoms with van der Waals surface area (Å²) in [7, 11) is 0. The monoisotopic (exact) mass is 394 g/mol. The van der Waals surface area contributed by atoms with Crippen molar-refractivity contribution < 1.29 is 4.79 Å². The molecule has 1 N–H and O–H groups in total. The zero-order valence-electron chi connectivity index (χ0n) is 16.2. The molecule has 1 fully saturated rings. The maximum Gasteiger partial charge on any atom is 0.225 e. The Morgan fingerprint density at radius 2 is 2.00 bits per heavy atom. The molecule has 0 unspecified atom stereocenters. The summed E-state index contributed by atoms with van der Waals surface area (Å²) in [5, 5.41) is 10.4. The van der Waals surface area contributed by atoms with Gasteiger partial charge in [-0.2, -0.15) is 9.78 Å². The number of carbonyl (C=O) groups is 1. The second-order valence-corrected chi connectivity index (χ2v) is 8.39. The van der Waals surface area contributed by atoms with Crippen LogP contribution < -0.4 is 5.32 Å². The third kappa shape index (κ3) is 4.50. The maximum absolute atomic E-state index is 12.5. The molecule has 1 amide bonds. The standard InChI is InChI=1S/C22H26N4OS/c1-16-14-20(24-21(27)13-12-17-8-4-2-5-9-17)26(25-16)22-23-19(15-28-22)18-10-6-3-7-11-18/h3,6-7,10-11,14-15,17H,2,4-5,8-9,12-13H2,1H3,(H,24,27). The van der Waals surface area contributed by atoms with Gasteiger partial charge in [-0.05, 0) is 19.3 Å². The van der Waals surface area contributed by atoms with E-state index >= 15 is 0 Å². The highest BCUT2D eigenvalue weighted by atomic mass is 32.1. The fourth-order valence-electron chi connectivity index (χ4n) is 3.85. The van der Waals surface area contributed by atoms with Crippen molar-refractivity contribution in [3.8, 4) is 16.4 Å². The second-order valence-electron chi connectivity index (χ2n) is 7.55. The van der Waals surface area contributed by atoms with Crippen LogP contribution in [0.4, 0.5) is 5.82 Å². The quantitative estimate of drug-likeness (QED) is 0.592. The average Bonchev–Trinajstić information content (AvgIpc) is 3.34. The predicted molar refractivity (Wildman–Crippen MR) is 114 cm³/mol. The Labute approximate surface area is 169 Å². The Kier molecular flexibility index (Phi) is 5.86. The molecule has 1 aliphatic carbocycles. The molecule has 2 aromatic heterocycles. The van der Waals surface area contributed by atoms with Crippen molar-refractivity contribution in [3.05, 3.63) is 47.5 Å². The van der Waals surface area contributed by atoms with E-state index in [0.29, 0.717) is 18.2 Å².